The monoisotopic (exact) mass is 264 g/mol. The van der Waals surface area contributed by atoms with Crippen LogP contribution in [0.3, 0.4) is 0 Å². The summed E-state index contributed by atoms with van der Waals surface area (Å²) in [5, 5.41) is 18.3. The van der Waals surface area contributed by atoms with E-state index >= 15 is 0 Å². The zero-order valence-corrected chi connectivity index (χ0v) is 11.8. The maximum Gasteiger partial charge on any atom is 0.303 e. The highest BCUT2D eigenvalue weighted by atomic mass is 16.4. The molecule has 1 aliphatic carbocycles. The minimum Gasteiger partial charge on any atom is -0.481 e. The molecule has 2 N–H and O–H groups in total. The Hall–Kier alpha value is -1.35. The van der Waals surface area contributed by atoms with Crippen molar-refractivity contribution in [3.8, 4) is 0 Å². The lowest BCUT2D eigenvalue weighted by Gasteiger charge is -2.38. The molecular formula is C16H24O3. The molecule has 0 amide bonds. The Morgan fingerprint density at radius 3 is 2.37 bits per heavy atom. The van der Waals surface area contributed by atoms with Crippen LogP contribution in [-0.2, 0) is 10.4 Å². The molecule has 0 radical (unpaired) electrons. The summed E-state index contributed by atoms with van der Waals surface area (Å²) < 4.78 is 0. The fraction of sp³-hybridized carbons (Fsp3) is 0.562. The molecule has 1 aliphatic rings. The third-order valence-corrected chi connectivity index (χ3v) is 3.84. The minimum atomic E-state index is -0.745. The van der Waals surface area contributed by atoms with Crippen LogP contribution in [0, 0.1) is 5.92 Å². The van der Waals surface area contributed by atoms with E-state index in [0.29, 0.717) is 5.92 Å². The van der Waals surface area contributed by atoms with Crippen molar-refractivity contribution in [3.05, 3.63) is 35.9 Å². The quantitative estimate of drug-likeness (QED) is 0.858. The van der Waals surface area contributed by atoms with Gasteiger partial charge in [0.15, 0.2) is 0 Å². The molecule has 0 bridgehead atoms. The molecule has 1 aromatic rings. The standard InChI is InChI=1S/C13H18O.C3H6O2/c1-11-7-5-6-10-13(11,14)12-8-3-2-4-9-12;1-2-3(4)5/h2-4,8-9,11,14H,5-7,10H2,1H3;2H2,1H3,(H,4,5). The summed E-state index contributed by atoms with van der Waals surface area (Å²) in [6.07, 6.45) is 4.69. The van der Waals surface area contributed by atoms with Crippen LogP contribution in [-0.4, -0.2) is 16.2 Å². The zero-order chi connectivity index (χ0) is 14.3. The maximum atomic E-state index is 10.6. The van der Waals surface area contributed by atoms with Crippen molar-refractivity contribution < 1.29 is 15.0 Å². The average Bonchev–Trinajstić information content (AvgIpc) is 2.44. The van der Waals surface area contributed by atoms with E-state index in [0.717, 1.165) is 24.8 Å². The zero-order valence-electron chi connectivity index (χ0n) is 11.8. The molecule has 3 heteroatoms. The molecule has 2 unspecified atom stereocenters. The first kappa shape index (κ1) is 15.7. The van der Waals surface area contributed by atoms with Crippen LogP contribution < -0.4 is 0 Å². The number of carbonyl (C=O) groups is 1. The molecule has 3 nitrogen and oxygen atoms in total. The van der Waals surface area contributed by atoms with Crippen LogP contribution in [0.1, 0.15) is 51.5 Å². The Kier molecular flexibility index (Phi) is 6.03. The van der Waals surface area contributed by atoms with Gasteiger partial charge >= 0.3 is 5.97 Å². The Morgan fingerprint density at radius 1 is 1.32 bits per heavy atom. The van der Waals surface area contributed by atoms with Gasteiger partial charge in [-0.25, -0.2) is 0 Å². The van der Waals surface area contributed by atoms with Gasteiger partial charge in [0, 0.05) is 6.42 Å². The average molecular weight is 264 g/mol. The lowest BCUT2D eigenvalue weighted by atomic mass is 9.72. The Morgan fingerprint density at radius 2 is 1.89 bits per heavy atom. The van der Waals surface area contributed by atoms with Crippen molar-refractivity contribution in [2.24, 2.45) is 5.92 Å². The molecule has 1 saturated carbocycles. The second-order valence-electron chi connectivity index (χ2n) is 5.18. The first-order valence-corrected chi connectivity index (χ1v) is 7.00. The van der Waals surface area contributed by atoms with Gasteiger partial charge in [-0.3, -0.25) is 4.79 Å². The molecule has 0 saturated heterocycles. The van der Waals surface area contributed by atoms with E-state index in [2.05, 4.69) is 6.92 Å². The fourth-order valence-corrected chi connectivity index (χ4v) is 2.49. The summed E-state index contributed by atoms with van der Waals surface area (Å²) in [5.74, 6) is -0.358. The van der Waals surface area contributed by atoms with E-state index < -0.39 is 11.6 Å². The van der Waals surface area contributed by atoms with Crippen molar-refractivity contribution in [1.82, 2.24) is 0 Å². The highest BCUT2D eigenvalue weighted by molar-refractivity contribution is 5.66. The van der Waals surface area contributed by atoms with E-state index in [-0.39, 0.29) is 6.42 Å². The lowest BCUT2D eigenvalue weighted by molar-refractivity contribution is -0.136. The molecule has 0 heterocycles. The molecule has 2 rings (SSSR count). The Labute approximate surface area is 115 Å². The van der Waals surface area contributed by atoms with Crippen LogP contribution in [0.25, 0.3) is 0 Å². The van der Waals surface area contributed by atoms with Gasteiger partial charge in [0.2, 0.25) is 0 Å². The van der Waals surface area contributed by atoms with Crippen molar-refractivity contribution in [3.63, 3.8) is 0 Å². The van der Waals surface area contributed by atoms with Gasteiger partial charge in [-0.1, -0.05) is 57.0 Å². The van der Waals surface area contributed by atoms with Crippen molar-refractivity contribution in [2.75, 3.05) is 0 Å². The molecular weight excluding hydrogens is 240 g/mol. The maximum absolute atomic E-state index is 10.6. The fourth-order valence-electron chi connectivity index (χ4n) is 2.49. The third-order valence-electron chi connectivity index (χ3n) is 3.84. The van der Waals surface area contributed by atoms with Gasteiger partial charge in [0.05, 0.1) is 5.60 Å². The molecule has 1 fully saturated rings. The van der Waals surface area contributed by atoms with E-state index in [9.17, 15) is 9.90 Å². The summed E-state index contributed by atoms with van der Waals surface area (Å²) >= 11 is 0. The van der Waals surface area contributed by atoms with E-state index in [1.807, 2.05) is 30.3 Å². The molecule has 19 heavy (non-hydrogen) atoms. The number of benzene rings is 1. The van der Waals surface area contributed by atoms with Crippen molar-refractivity contribution >= 4 is 5.97 Å². The number of carboxylic acid groups (broad SMARTS) is 1. The van der Waals surface area contributed by atoms with E-state index in [4.69, 9.17) is 5.11 Å². The first-order valence-electron chi connectivity index (χ1n) is 7.00. The molecule has 106 valence electrons. The molecule has 1 aromatic carbocycles. The predicted octanol–water partition coefficient (Wildman–Crippen LogP) is 3.57. The second kappa shape index (κ2) is 7.29. The summed E-state index contributed by atoms with van der Waals surface area (Å²) in [6.45, 7) is 3.76. The highest BCUT2D eigenvalue weighted by Gasteiger charge is 2.37. The Bertz CT molecular complexity index is 388. The first-order chi connectivity index (χ1) is 9.00. The number of aliphatic hydroxyl groups is 1. The molecule has 0 spiro atoms. The van der Waals surface area contributed by atoms with E-state index in [1.54, 1.807) is 6.92 Å². The van der Waals surface area contributed by atoms with Crippen molar-refractivity contribution in [2.45, 2.75) is 51.6 Å². The number of hydrogen-bond acceptors (Lipinski definition) is 2. The lowest BCUT2D eigenvalue weighted by Crippen LogP contribution is -2.36. The van der Waals surface area contributed by atoms with Gasteiger partial charge in [-0.2, -0.15) is 0 Å². The van der Waals surface area contributed by atoms with Gasteiger partial charge < -0.3 is 10.2 Å². The SMILES string of the molecule is CC1CCCCC1(O)c1ccccc1.CCC(=O)O. The van der Waals surface area contributed by atoms with Gasteiger partial charge in [-0.15, -0.1) is 0 Å². The number of carboxylic acids is 1. The highest BCUT2D eigenvalue weighted by Crippen LogP contribution is 2.41. The van der Waals surface area contributed by atoms with Crippen LogP contribution in [0.2, 0.25) is 0 Å². The summed E-state index contributed by atoms with van der Waals surface area (Å²) in [6, 6.07) is 10.1. The van der Waals surface area contributed by atoms with Crippen LogP contribution in [0.5, 0.6) is 0 Å². The molecule has 2 atom stereocenters. The Balaban J connectivity index is 0.000000312. The van der Waals surface area contributed by atoms with E-state index in [1.165, 1.54) is 6.42 Å². The molecule has 0 aliphatic heterocycles. The second-order valence-corrected chi connectivity index (χ2v) is 5.18. The van der Waals surface area contributed by atoms with Gasteiger partial charge in [0.1, 0.15) is 0 Å². The smallest absolute Gasteiger partial charge is 0.303 e. The van der Waals surface area contributed by atoms with Gasteiger partial charge in [-0.05, 0) is 24.3 Å². The third kappa shape index (κ3) is 4.35. The van der Waals surface area contributed by atoms with Crippen molar-refractivity contribution in [1.29, 1.82) is 0 Å². The molecule has 0 aromatic heterocycles. The minimum absolute atomic E-state index is 0.222. The summed E-state index contributed by atoms with van der Waals surface area (Å²) in [7, 11) is 0. The van der Waals surface area contributed by atoms with Gasteiger partial charge in [0.25, 0.3) is 0 Å². The van der Waals surface area contributed by atoms with Crippen LogP contribution in [0.15, 0.2) is 30.3 Å². The predicted molar refractivity (Wildman–Crippen MR) is 75.9 cm³/mol. The summed E-state index contributed by atoms with van der Waals surface area (Å²) in [4.78, 5) is 9.37. The summed E-state index contributed by atoms with van der Waals surface area (Å²) in [5.41, 5.74) is 0.520. The largest absolute Gasteiger partial charge is 0.481 e. The number of hydrogen-bond donors (Lipinski definition) is 2. The van der Waals surface area contributed by atoms with Crippen LogP contribution in [0.4, 0.5) is 0 Å². The van der Waals surface area contributed by atoms with Crippen LogP contribution >= 0.6 is 0 Å². The topological polar surface area (TPSA) is 57.5 Å². The number of aliphatic carboxylic acids is 1. The number of rotatable bonds is 2. The normalized spacial score (nSPS) is 26.2.